The van der Waals surface area contributed by atoms with E-state index in [-0.39, 0.29) is 5.82 Å². The van der Waals surface area contributed by atoms with Gasteiger partial charge in [-0.15, -0.1) is 11.6 Å². The Balaban J connectivity index is 2.12. The van der Waals surface area contributed by atoms with Crippen LogP contribution in [0, 0.1) is 5.82 Å². The zero-order chi connectivity index (χ0) is 13.9. The van der Waals surface area contributed by atoms with Gasteiger partial charge in [0, 0.05) is 18.5 Å². The summed E-state index contributed by atoms with van der Waals surface area (Å²) in [6, 6.07) is 10.7. The molecular formula is C15H13ClFN3. The first-order valence-electron chi connectivity index (χ1n) is 6.39. The zero-order valence-electron chi connectivity index (χ0n) is 10.8. The predicted octanol–water partition coefficient (Wildman–Crippen LogP) is 3.40. The minimum absolute atomic E-state index is 0.307. The maximum absolute atomic E-state index is 13.8. The minimum atomic E-state index is -0.307. The highest BCUT2D eigenvalue weighted by atomic mass is 35.5. The maximum atomic E-state index is 13.8. The first-order valence-corrected chi connectivity index (χ1v) is 6.92. The minimum Gasteiger partial charge on any atom is -0.322 e. The highest BCUT2D eigenvalue weighted by molar-refractivity contribution is 6.17. The summed E-state index contributed by atoms with van der Waals surface area (Å²) in [7, 11) is 0. The summed E-state index contributed by atoms with van der Waals surface area (Å²) in [5.74, 6) is 0.927. The summed E-state index contributed by atoms with van der Waals surface area (Å²) in [6.07, 6.45) is 2.35. The SMILES string of the molecule is Fc1cccc2c1nc(CCCl)n2Cc1ccccn1. The summed E-state index contributed by atoms with van der Waals surface area (Å²) in [6.45, 7) is 0.563. The van der Waals surface area contributed by atoms with Crippen molar-refractivity contribution in [1.82, 2.24) is 14.5 Å². The van der Waals surface area contributed by atoms with E-state index in [0.29, 0.717) is 24.4 Å². The normalized spacial score (nSPS) is 11.1. The molecule has 1 aromatic carbocycles. The number of para-hydroxylation sites is 1. The number of rotatable bonds is 4. The summed E-state index contributed by atoms with van der Waals surface area (Å²) in [5.41, 5.74) is 2.08. The predicted molar refractivity (Wildman–Crippen MR) is 77.5 cm³/mol. The molecule has 0 atom stereocenters. The van der Waals surface area contributed by atoms with Crippen LogP contribution in [0.3, 0.4) is 0 Å². The van der Waals surface area contributed by atoms with E-state index in [2.05, 4.69) is 9.97 Å². The van der Waals surface area contributed by atoms with Gasteiger partial charge in [0.25, 0.3) is 0 Å². The average Bonchev–Trinajstić information content (AvgIpc) is 2.81. The zero-order valence-corrected chi connectivity index (χ0v) is 11.5. The molecule has 0 saturated heterocycles. The molecular weight excluding hydrogens is 277 g/mol. The van der Waals surface area contributed by atoms with Gasteiger partial charge in [-0.1, -0.05) is 12.1 Å². The molecule has 0 fully saturated rings. The molecule has 102 valence electrons. The van der Waals surface area contributed by atoms with Crippen LogP contribution in [-0.2, 0) is 13.0 Å². The van der Waals surface area contributed by atoms with Gasteiger partial charge in [0.2, 0.25) is 0 Å². The number of benzene rings is 1. The third kappa shape index (κ3) is 2.39. The van der Waals surface area contributed by atoms with E-state index in [1.807, 2.05) is 28.8 Å². The number of nitrogens with zero attached hydrogens (tertiary/aromatic N) is 3. The van der Waals surface area contributed by atoms with Gasteiger partial charge in [-0.05, 0) is 24.3 Å². The Labute approximate surface area is 121 Å². The van der Waals surface area contributed by atoms with Crippen molar-refractivity contribution in [2.24, 2.45) is 0 Å². The quantitative estimate of drug-likeness (QED) is 0.689. The first-order chi connectivity index (χ1) is 9.79. The lowest BCUT2D eigenvalue weighted by Crippen LogP contribution is -2.07. The number of aromatic nitrogens is 3. The molecule has 3 nitrogen and oxygen atoms in total. The number of hydrogen-bond donors (Lipinski definition) is 0. The third-order valence-electron chi connectivity index (χ3n) is 3.17. The van der Waals surface area contributed by atoms with E-state index < -0.39 is 0 Å². The molecule has 0 spiro atoms. The second-order valence-corrected chi connectivity index (χ2v) is 4.86. The Morgan fingerprint density at radius 2 is 2.05 bits per heavy atom. The Morgan fingerprint density at radius 3 is 2.80 bits per heavy atom. The molecule has 0 unspecified atom stereocenters. The van der Waals surface area contributed by atoms with E-state index in [9.17, 15) is 4.39 Å². The van der Waals surface area contributed by atoms with Crippen molar-refractivity contribution in [1.29, 1.82) is 0 Å². The number of fused-ring (bicyclic) bond motifs is 1. The van der Waals surface area contributed by atoms with E-state index in [0.717, 1.165) is 17.0 Å². The van der Waals surface area contributed by atoms with Crippen LogP contribution in [0.2, 0.25) is 0 Å². The lowest BCUT2D eigenvalue weighted by atomic mass is 10.3. The molecule has 0 saturated carbocycles. The van der Waals surface area contributed by atoms with Crippen molar-refractivity contribution in [3.05, 3.63) is 59.9 Å². The molecule has 0 radical (unpaired) electrons. The van der Waals surface area contributed by atoms with E-state index in [1.165, 1.54) is 6.07 Å². The summed E-state index contributed by atoms with van der Waals surface area (Å²) in [4.78, 5) is 8.68. The Hall–Kier alpha value is -1.94. The van der Waals surface area contributed by atoms with Crippen LogP contribution in [0.25, 0.3) is 11.0 Å². The van der Waals surface area contributed by atoms with Crippen LogP contribution in [0.1, 0.15) is 11.5 Å². The van der Waals surface area contributed by atoms with Gasteiger partial charge in [-0.2, -0.15) is 0 Å². The number of halogens is 2. The molecule has 20 heavy (non-hydrogen) atoms. The second kappa shape index (κ2) is 5.59. The second-order valence-electron chi connectivity index (χ2n) is 4.48. The molecule has 3 rings (SSSR count). The highest BCUT2D eigenvalue weighted by Gasteiger charge is 2.13. The Bertz CT molecular complexity index is 725. The van der Waals surface area contributed by atoms with Crippen molar-refractivity contribution in [2.45, 2.75) is 13.0 Å². The highest BCUT2D eigenvalue weighted by Crippen LogP contribution is 2.20. The maximum Gasteiger partial charge on any atom is 0.151 e. The summed E-state index contributed by atoms with van der Waals surface area (Å²) in [5, 5.41) is 0. The molecule has 0 aliphatic rings. The van der Waals surface area contributed by atoms with Gasteiger partial charge in [0.05, 0.1) is 17.8 Å². The van der Waals surface area contributed by atoms with Gasteiger partial charge in [0.15, 0.2) is 5.82 Å². The van der Waals surface area contributed by atoms with Crippen molar-refractivity contribution < 1.29 is 4.39 Å². The number of hydrogen-bond acceptors (Lipinski definition) is 2. The largest absolute Gasteiger partial charge is 0.322 e. The smallest absolute Gasteiger partial charge is 0.151 e. The summed E-state index contributed by atoms with van der Waals surface area (Å²) >= 11 is 5.82. The van der Waals surface area contributed by atoms with Gasteiger partial charge in [-0.3, -0.25) is 4.98 Å². The topological polar surface area (TPSA) is 30.7 Å². The monoisotopic (exact) mass is 289 g/mol. The molecule has 0 amide bonds. The number of pyridine rings is 1. The average molecular weight is 290 g/mol. The lowest BCUT2D eigenvalue weighted by Gasteiger charge is -2.07. The van der Waals surface area contributed by atoms with Crippen molar-refractivity contribution in [2.75, 3.05) is 5.88 Å². The van der Waals surface area contributed by atoms with Crippen LogP contribution in [0.15, 0.2) is 42.6 Å². The Kier molecular flexibility index (Phi) is 3.65. The molecule has 5 heteroatoms. The first kappa shape index (κ1) is 13.1. The number of alkyl halides is 1. The van der Waals surface area contributed by atoms with Crippen LogP contribution in [0.4, 0.5) is 4.39 Å². The molecule has 3 aromatic rings. The van der Waals surface area contributed by atoms with Gasteiger partial charge in [-0.25, -0.2) is 9.37 Å². The molecule has 2 heterocycles. The van der Waals surface area contributed by atoms with Crippen LogP contribution in [-0.4, -0.2) is 20.4 Å². The van der Waals surface area contributed by atoms with E-state index >= 15 is 0 Å². The fourth-order valence-electron chi connectivity index (χ4n) is 2.27. The van der Waals surface area contributed by atoms with Crippen LogP contribution >= 0.6 is 11.6 Å². The number of imidazole rings is 1. The van der Waals surface area contributed by atoms with Crippen molar-refractivity contribution in [3.8, 4) is 0 Å². The third-order valence-corrected chi connectivity index (χ3v) is 3.36. The molecule has 0 aliphatic heterocycles. The lowest BCUT2D eigenvalue weighted by molar-refractivity contribution is 0.637. The van der Waals surface area contributed by atoms with Crippen molar-refractivity contribution >= 4 is 22.6 Å². The van der Waals surface area contributed by atoms with Crippen molar-refractivity contribution in [3.63, 3.8) is 0 Å². The fourth-order valence-corrected chi connectivity index (χ4v) is 2.44. The Morgan fingerprint density at radius 1 is 1.15 bits per heavy atom. The molecule has 0 N–H and O–H groups in total. The summed E-state index contributed by atoms with van der Waals surface area (Å²) < 4.78 is 15.8. The molecule has 0 bridgehead atoms. The van der Waals surface area contributed by atoms with E-state index in [4.69, 9.17) is 11.6 Å². The van der Waals surface area contributed by atoms with Crippen LogP contribution in [0.5, 0.6) is 0 Å². The molecule has 2 aromatic heterocycles. The van der Waals surface area contributed by atoms with Crippen LogP contribution < -0.4 is 0 Å². The molecule has 0 aliphatic carbocycles. The fraction of sp³-hybridized carbons (Fsp3) is 0.200. The van der Waals surface area contributed by atoms with Gasteiger partial charge >= 0.3 is 0 Å². The number of aryl methyl sites for hydroxylation is 1. The standard InChI is InChI=1S/C15H13ClFN3/c16-8-7-14-19-15-12(17)5-3-6-13(15)20(14)10-11-4-1-2-9-18-11/h1-6,9H,7-8,10H2. The van der Waals surface area contributed by atoms with Gasteiger partial charge < -0.3 is 4.57 Å². The van der Waals surface area contributed by atoms with Gasteiger partial charge in [0.1, 0.15) is 11.3 Å². The van der Waals surface area contributed by atoms with E-state index in [1.54, 1.807) is 12.3 Å².